The maximum Gasteiger partial charge on any atom is 0.0937 e. The molecule has 1 spiro atoms. The third-order valence-electron chi connectivity index (χ3n) is 5.62. The maximum atomic E-state index is 6.18. The lowest BCUT2D eigenvalue weighted by atomic mass is 9.79. The van der Waals surface area contributed by atoms with Crippen LogP contribution in [0.1, 0.15) is 36.0 Å². The van der Waals surface area contributed by atoms with Gasteiger partial charge in [0.2, 0.25) is 0 Å². The number of ether oxygens (including phenoxy) is 2. The van der Waals surface area contributed by atoms with E-state index in [-0.39, 0.29) is 5.60 Å². The molecule has 5 nitrogen and oxygen atoms in total. The van der Waals surface area contributed by atoms with E-state index < -0.39 is 0 Å². The van der Waals surface area contributed by atoms with Crippen LogP contribution in [0.2, 0.25) is 0 Å². The van der Waals surface area contributed by atoms with Crippen molar-refractivity contribution in [3.8, 4) is 0 Å². The van der Waals surface area contributed by atoms with Crippen LogP contribution in [0.15, 0.2) is 43.0 Å². The largest absolute Gasteiger partial charge is 0.377 e. The molecule has 0 aromatic carbocycles. The van der Waals surface area contributed by atoms with E-state index in [0.717, 1.165) is 57.7 Å². The number of rotatable bonds is 7. The molecule has 0 bridgehead atoms. The van der Waals surface area contributed by atoms with E-state index in [1.54, 1.807) is 0 Å². The molecule has 2 aromatic rings. The van der Waals surface area contributed by atoms with Gasteiger partial charge in [0.15, 0.2) is 0 Å². The van der Waals surface area contributed by atoms with Crippen LogP contribution in [0, 0.1) is 12.8 Å². The van der Waals surface area contributed by atoms with Crippen molar-refractivity contribution in [2.24, 2.45) is 5.92 Å². The van der Waals surface area contributed by atoms with Gasteiger partial charge in [0.25, 0.3) is 0 Å². The average Bonchev–Trinajstić information content (AvgIpc) is 2.65. The summed E-state index contributed by atoms with van der Waals surface area (Å²) in [5.74, 6) is 0.704. The van der Waals surface area contributed by atoms with Gasteiger partial charge in [-0.1, -0.05) is 12.1 Å². The van der Waals surface area contributed by atoms with Crippen molar-refractivity contribution in [3.05, 3.63) is 59.7 Å². The fraction of sp³-hybridized carbons (Fsp3) is 0.545. The summed E-state index contributed by atoms with van der Waals surface area (Å²) in [7, 11) is 0. The zero-order valence-corrected chi connectivity index (χ0v) is 16.1. The SMILES string of the molecule is Cc1cncc(COCC[C@@H]2CCOC3(C2)CN(Cc2cccnc2)C3)c1. The Morgan fingerprint density at radius 2 is 2.11 bits per heavy atom. The van der Waals surface area contributed by atoms with E-state index in [9.17, 15) is 0 Å². The summed E-state index contributed by atoms with van der Waals surface area (Å²) in [6.45, 7) is 7.46. The molecule has 5 heteroatoms. The van der Waals surface area contributed by atoms with Gasteiger partial charge in [0.05, 0.1) is 12.2 Å². The van der Waals surface area contributed by atoms with Crippen LogP contribution in [0.3, 0.4) is 0 Å². The maximum absolute atomic E-state index is 6.18. The minimum absolute atomic E-state index is 0.0750. The molecule has 0 N–H and O–H groups in total. The highest BCUT2D eigenvalue weighted by Gasteiger charge is 2.47. The Bertz CT molecular complexity index is 731. The number of aryl methyl sites for hydroxylation is 1. The Kier molecular flexibility index (Phi) is 5.81. The van der Waals surface area contributed by atoms with Crippen LogP contribution < -0.4 is 0 Å². The lowest BCUT2D eigenvalue weighted by molar-refractivity contribution is -0.182. The van der Waals surface area contributed by atoms with Gasteiger partial charge >= 0.3 is 0 Å². The monoisotopic (exact) mass is 367 g/mol. The molecule has 2 fully saturated rings. The summed E-state index contributed by atoms with van der Waals surface area (Å²) in [4.78, 5) is 10.9. The second-order valence-corrected chi connectivity index (χ2v) is 8.11. The third kappa shape index (κ3) is 4.92. The molecule has 4 rings (SSSR count). The molecule has 144 valence electrons. The van der Waals surface area contributed by atoms with Crippen molar-refractivity contribution in [2.45, 2.75) is 44.9 Å². The molecule has 2 saturated heterocycles. The highest BCUT2D eigenvalue weighted by molar-refractivity contribution is 5.15. The molecule has 1 atom stereocenters. The first-order chi connectivity index (χ1) is 13.2. The molecular formula is C22H29N3O2. The van der Waals surface area contributed by atoms with Crippen LogP contribution in [0.5, 0.6) is 0 Å². The van der Waals surface area contributed by atoms with Crippen LogP contribution in [0.4, 0.5) is 0 Å². The van der Waals surface area contributed by atoms with Gasteiger partial charge < -0.3 is 9.47 Å². The van der Waals surface area contributed by atoms with Crippen molar-refractivity contribution >= 4 is 0 Å². The molecule has 4 heterocycles. The molecule has 2 aliphatic rings. The minimum atomic E-state index is 0.0750. The zero-order valence-electron chi connectivity index (χ0n) is 16.1. The standard InChI is InChI=1S/C22H29N3O2/c1-18-9-21(13-24-11-18)15-26-7-4-19-5-8-27-22(10-19)16-25(17-22)14-20-3-2-6-23-12-20/h2-3,6,9,11-13,19H,4-5,7-8,10,14-17H2,1H3/t19-/m1/s1. The van der Waals surface area contributed by atoms with Gasteiger partial charge in [-0.25, -0.2) is 0 Å². The molecule has 0 amide bonds. The highest BCUT2D eigenvalue weighted by atomic mass is 16.5. The topological polar surface area (TPSA) is 47.5 Å². The Balaban J connectivity index is 1.18. The number of hydrogen-bond donors (Lipinski definition) is 0. The fourth-order valence-electron chi connectivity index (χ4n) is 4.36. The summed E-state index contributed by atoms with van der Waals surface area (Å²) in [6.07, 6.45) is 11.0. The van der Waals surface area contributed by atoms with Crippen LogP contribution in [-0.4, -0.2) is 46.8 Å². The van der Waals surface area contributed by atoms with Crippen molar-refractivity contribution in [1.29, 1.82) is 0 Å². The average molecular weight is 367 g/mol. The molecule has 0 unspecified atom stereocenters. The lowest BCUT2D eigenvalue weighted by Gasteiger charge is -2.53. The van der Waals surface area contributed by atoms with E-state index >= 15 is 0 Å². The fourth-order valence-corrected chi connectivity index (χ4v) is 4.36. The Morgan fingerprint density at radius 1 is 1.22 bits per heavy atom. The van der Waals surface area contributed by atoms with Gasteiger partial charge in [-0.3, -0.25) is 14.9 Å². The van der Waals surface area contributed by atoms with Crippen molar-refractivity contribution < 1.29 is 9.47 Å². The Morgan fingerprint density at radius 3 is 2.93 bits per heavy atom. The molecule has 27 heavy (non-hydrogen) atoms. The van der Waals surface area contributed by atoms with E-state index in [4.69, 9.17) is 9.47 Å². The number of pyridine rings is 2. The normalized spacial score (nSPS) is 21.9. The highest BCUT2D eigenvalue weighted by Crippen LogP contribution is 2.38. The molecule has 2 aromatic heterocycles. The first kappa shape index (κ1) is 18.5. The predicted molar refractivity (Wildman–Crippen MR) is 104 cm³/mol. The van der Waals surface area contributed by atoms with Gasteiger partial charge in [0.1, 0.15) is 0 Å². The van der Waals surface area contributed by atoms with E-state index in [1.165, 1.54) is 11.1 Å². The molecule has 0 saturated carbocycles. The number of nitrogens with zero attached hydrogens (tertiary/aromatic N) is 3. The zero-order chi connectivity index (χ0) is 18.5. The first-order valence-electron chi connectivity index (χ1n) is 9.94. The quantitative estimate of drug-likeness (QED) is 0.702. The smallest absolute Gasteiger partial charge is 0.0937 e. The van der Waals surface area contributed by atoms with Gasteiger partial charge in [-0.2, -0.15) is 0 Å². The summed E-state index contributed by atoms with van der Waals surface area (Å²) in [5, 5.41) is 0. The van der Waals surface area contributed by atoms with Crippen molar-refractivity contribution in [1.82, 2.24) is 14.9 Å². The molecule has 0 aliphatic carbocycles. The van der Waals surface area contributed by atoms with Gasteiger partial charge in [-0.05, 0) is 54.9 Å². The summed E-state index contributed by atoms with van der Waals surface area (Å²) in [5.41, 5.74) is 3.69. The predicted octanol–water partition coefficient (Wildman–Crippen LogP) is 3.37. The summed E-state index contributed by atoms with van der Waals surface area (Å²) >= 11 is 0. The van der Waals surface area contributed by atoms with Crippen LogP contribution in [-0.2, 0) is 22.6 Å². The molecule has 0 radical (unpaired) electrons. The summed E-state index contributed by atoms with van der Waals surface area (Å²) in [6, 6.07) is 6.29. The second kappa shape index (κ2) is 8.46. The van der Waals surface area contributed by atoms with Gasteiger partial charge in [0, 0.05) is 57.6 Å². The molecule has 2 aliphatic heterocycles. The second-order valence-electron chi connectivity index (χ2n) is 8.11. The van der Waals surface area contributed by atoms with E-state index in [1.807, 2.05) is 30.9 Å². The van der Waals surface area contributed by atoms with Crippen LogP contribution in [0.25, 0.3) is 0 Å². The molecular weight excluding hydrogens is 338 g/mol. The number of likely N-dealkylation sites (tertiary alicyclic amines) is 1. The number of hydrogen-bond acceptors (Lipinski definition) is 5. The van der Waals surface area contributed by atoms with Crippen LogP contribution >= 0.6 is 0 Å². The van der Waals surface area contributed by atoms with Gasteiger partial charge in [-0.15, -0.1) is 0 Å². The van der Waals surface area contributed by atoms with E-state index in [2.05, 4.69) is 33.9 Å². The first-order valence-corrected chi connectivity index (χ1v) is 9.94. The van der Waals surface area contributed by atoms with Crippen molar-refractivity contribution in [3.63, 3.8) is 0 Å². The lowest BCUT2D eigenvalue weighted by Crippen LogP contribution is -2.64. The van der Waals surface area contributed by atoms with E-state index in [0.29, 0.717) is 12.5 Å². The Hall–Kier alpha value is -1.82. The third-order valence-corrected chi connectivity index (χ3v) is 5.62. The number of aromatic nitrogens is 2. The summed E-state index contributed by atoms with van der Waals surface area (Å²) < 4.78 is 12.1. The minimum Gasteiger partial charge on any atom is -0.377 e. The van der Waals surface area contributed by atoms with Crippen molar-refractivity contribution in [2.75, 3.05) is 26.3 Å². The Labute approximate surface area is 161 Å².